The Morgan fingerprint density at radius 1 is 1.16 bits per heavy atom. The Labute approximate surface area is 119 Å². The highest BCUT2D eigenvalue weighted by Gasteiger charge is 2.31. The van der Waals surface area contributed by atoms with Crippen molar-refractivity contribution >= 4 is 9.84 Å². The van der Waals surface area contributed by atoms with Crippen LogP contribution in [0.3, 0.4) is 0 Å². The van der Waals surface area contributed by atoms with Crippen molar-refractivity contribution in [2.45, 2.75) is 65.3 Å². The van der Waals surface area contributed by atoms with E-state index in [4.69, 9.17) is 5.73 Å². The largest absolute Gasteiger partial charge is 0.327 e. The fraction of sp³-hybridized carbons (Fsp3) is 1.00. The van der Waals surface area contributed by atoms with E-state index in [1.807, 2.05) is 0 Å². The number of sulfone groups is 1. The van der Waals surface area contributed by atoms with Gasteiger partial charge in [0, 0.05) is 18.1 Å². The molecule has 0 amide bonds. The van der Waals surface area contributed by atoms with Crippen molar-refractivity contribution in [1.82, 2.24) is 0 Å². The van der Waals surface area contributed by atoms with Crippen molar-refractivity contribution in [3.05, 3.63) is 0 Å². The van der Waals surface area contributed by atoms with Crippen LogP contribution in [0.1, 0.15) is 59.3 Å². The Morgan fingerprint density at radius 2 is 1.68 bits per heavy atom. The summed E-state index contributed by atoms with van der Waals surface area (Å²) >= 11 is 0. The van der Waals surface area contributed by atoms with Crippen molar-refractivity contribution in [3.8, 4) is 0 Å². The Balaban J connectivity index is 2.31. The summed E-state index contributed by atoms with van der Waals surface area (Å²) in [5.74, 6) is 1.68. The molecule has 1 aliphatic carbocycles. The van der Waals surface area contributed by atoms with Gasteiger partial charge in [0.2, 0.25) is 0 Å². The number of rotatable bonds is 5. The summed E-state index contributed by atoms with van der Waals surface area (Å²) in [6.45, 7) is 6.97. The van der Waals surface area contributed by atoms with Gasteiger partial charge in [0.15, 0.2) is 0 Å². The Hall–Kier alpha value is -0.0900. The van der Waals surface area contributed by atoms with Crippen LogP contribution in [0.4, 0.5) is 0 Å². The van der Waals surface area contributed by atoms with E-state index < -0.39 is 9.84 Å². The molecule has 0 bridgehead atoms. The SMILES string of the molecule is CC(C)(C)C1CCC(C(N)CCCS(C)(=O)=O)CC1. The second-order valence-electron chi connectivity index (χ2n) is 7.41. The predicted molar refractivity (Wildman–Crippen MR) is 81.8 cm³/mol. The molecule has 4 heteroatoms. The molecule has 0 aliphatic heterocycles. The second-order valence-corrected chi connectivity index (χ2v) is 9.67. The summed E-state index contributed by atoms with van der Waals surface area (Å²) in [6.07, 6.45) is 7.82. The lowest BCUT2D eigenvalue weighted by molar-refractivity contribution is 0.138. The molecule has 0 aromatic heterocycles. The lowest BCUT2D eigenvalue weighted by atomic mass is 9.68. The Bertz CT molecular complexity index is 362. The van der Waals surface area contributed by atoms with Gasteiger partial charge in [0.05, 0.1) is 0 Å². The third-order valence-electron chi connectivity index (χ3n) is 4.65. The minimum absolute atomic E-state index is 0.183. The highest BCUT2D eigenvalue weighted by molar-refractivity contribution is 7.90. The molecule has 19 heavy (non-hydrogen) atoms. The van der Waals surface area contributed by atoms with E-state index in [0.717, 1.165) is 12.3 Å². The standard InChI is InChI=1S/C15H31NO2S/c1-15(2,3)13-9-7-12(8-10-13)14(16)6-5-11-19(4,17)18/h12-14H,5-11,16H2,1-4H3. The topological polar surface area (TPSA) is 60.2 Å². The van der Waals surface area contributed by atoms with Gasteiger partial charge >= 0.3 is 0 Å². The average Bonchev–Trinajstić information content (AvgIpc) is 2.26. The van der Waals surface area contributed by atoms with Crippen LogP contribution in [0, 0.1) is 17.3 Å². The van der Waals surface area contributed by atoms with Crippen LogP contribution >= 0.6 is 0 Å². The highest BCUT2D eigenvalue weighted by Crippen LogP contribution is 2.40. The van der Waals surface area contributed by atoms with Gasteiger partial charge in [-0.25, -0.2) is 8.42 Å². The molecular weight excluding hydrogens is 258 g/mol. The van der Waals surface area contributed by atoms with Gasteiger partial charge < -0.3 is 5.73 Å². The van der Waals surface area contributed by atoms with Crippen LogP contribution in [0.5, 0.6) is 0 Å². The van der Waals surface area contributed by atoms with Crippen LogP contribution in [-0.2, 0) is 9.84 Å². The molecule has 2 N–H and O–H groups in total. The summed E-state index contributed by atoms with van der Waals surface area (Å²) in [5.41, 5.74) is 6.65. The normalized spacial score (nSPS) is 27.2. The second kappa shape index (κ2) is 6.57. The maximum Gasteiger partial charge on any atom is 0.147 e. The molecule has 1 fully saturated rings. The molecule has 1 unspecified atom stereocenters. The first-order valence-corrected chi connectivity index (χ1v) is 9.59. The molecule has 0 radical (unpaired) electrons. The molecule has 0 saturated heterocycles. The van der Waals surface area contributed by atoms with Gasteiger partial charge in [0.1, 0.15) is 9.84 Å². The van der Waals surface area contributed by atoms with Gasteiger partial charge in [0.25, 0.3) is 0 Å². The zero-order valence-corrected chi connectivity index (χ0v) is 13.8. The molecule has 114 valence electrons. The summed E-state index contributed by atoms with van der Waals surface area (Å²) < 4.78 is 22.2. The minimum atomic E-state index is -2.83. The van der Waals surface area contributed by atoms with Crippen molar-refractivity contribution in [2.24, 2.45) is 23.0 Å². The molecule has 0 heterocycles. The maximum atomic E-state index is 11.1. The number of hydrogen-bond donors (Lipinski definition) is 1. The van der Waals surface area contributed by atoms with Crippen molar-refractivity contribution in [1.29, 1.82) is 0 Å². The van der Waals surface area contributed by atoms with Crippen LogP contribution in [0.25, 0.3) is 0 Å². The van der Waals surface area contributed by atoms with Gasteiger partial charge in [-0.1, -0.05) is 20.8 Å². The van der Waals surface area contributed by atoms with Gasteiger partial charge in [-0.05, 0) is 55.8 Å². The van der Waals surface area contributed by atoms with Crippen molar-refractivity contribution in [3.63, 3.8) is 0 Å². The molecule has 3 nitrogen and oxygen atoms in total. The van der Waals surface area contributed by atoms with E-state index in [1.54, 1.807) is 0 Å². The molecule has 0 aromatic rings. The Kier molecular flexibility index (Phi) is 5.87. The van der Waals surface area contributed by atoms with E-state index in [2.05, 4.69) is 20.8 Å². The maximum absolute atomic E-state index is 11.1. The third-order valence-corrected chi connectivity index (χ3v) is 5.68. The quantitative estimate of drug-likeness (QED) is 0.846. The number of hydrogen-bond acceptors (Lipinski definition) is 3. The molecule has 1 saturated carbocycles. The zero-order valence-electron chi connectivity index (χ0n) is 13.0. The lowest BCUT2D eigenvalue weighted by Gasteiger charge is -2.38. The first-order valence-electron chi connectivity index (χ1n) is 7.53. The molecule has 0 spiro atoms. The first-order chi connectivity index (χ1) is 8.59. The van der Waals surface area contributed by atoms with Gasteiger partial charge in [-0.3, -0.25) is 0 Å². The van der Waals surface area contributed by atoms with E-state index >= 15 is 0 Å². The van der Waals surface area contributed by atoms with E-state index in [1.165, 1.54) is 31.9 Å². The first kappa shape index (κ1) is 17.0. The number of nitrogens with two attached hydrogens (primary N) is 1. The fourth-order valence-electron chi connectivity index (χ4n) is 3.23. The van der Waals surface area contributed by atoms with Crippen LogP contribution in [0.15, 0.2) is 0 Å². The van der Waals surface area contributed by atoms with Crippen LogP contribution < -0.4 is 5.73 Å². The molecule has 1 aliphatic rings. The van der Waals surface area contributed by atoms with Gasteiger partial charge in [-0.2, -0.15) is 0 Å². The summed E-state index contributed by atoms with van der Waals surface area (Å²) in [4.78, 5) is 0. The van der Waals surface area contributed by atoms with Crippen molar-refractivity contribution < 1.29 is 8.42 Å². The summed E-state index contributed by atoms with van der Waals surface area (Å²) in [7, 11) is -2.83. The van der Waals surface area contributed by atoms with Crippen LogP contribution in [0.2, 0.25) is 0 Å². The monoisotopic (exact) mass is 289 g/mol. The zero-order chi connectivity index (χ0) is 14.7. The smallest absolute Gasteiger partial charge is 0.147 e. The lowest BCUT2D eigenvalue weighted by Crippen LogP contribution is -2.35. The third kappa shape index (κ3) is 6.26. The molecule has 1 atom stereocenters. The predicted octanol–water partition coefficient (Wildman–Crippen LogP) is 2.99. The van der Waals surface area contributed by atoms with Gasteiger partial charge in [-0.15, -0.1) is 0 Å². The minimum Gasteiger partial charge on any atom is -0.327 e. The Morgan fingerprint density at radius 3 is 2.11 bits per heavy atom. The molecular formula is C15H31NO2S. The summed E-state index contributed by atoms with van der Waals surface area (Å²) in [6, 6.07) is 0.183. The van der Waals surface area contributed by atoms with E-state index in [-0.39, 0.29) is 11.8 Å². The van der Waals surface area contributed by atoms with E-state index in [0.29, 0.717) is 17.8 Å². The van der Waals surface area contributed by atoms with E-state index in [9.17, 15) is 8.42 Å². The van der Waals surface area contributed by atoms with Crippen LogP contribution in [-0.4, -0.2) is 26.5 Å². The molecule has 0 aromatic carbocycles. The average molecular weight is 289 g/mol. The highest BCUT2D eigenvalue weighted by atomic mass is 32.2. The fourth-order valence-corrected chi connectivity index (χ4v) is 3.92. The summed E-state index contributed by atoms with van der Waals surface area (Å²) in [5, 5.41) is 0. The molecule has 1 rings (SSSR count). The van der Waals surface area contributed by atoms with Crippen molar-refractivity contribution in [2.75, 3.05) is 12.0 Å².